The Bertz CT molecular complexity index is 786. The minimum atomic E-state index is -0.247. The third-order valence-electron chi connectivity index (χ3n) is 5.59. The Kier molecular flexibility index (Phi) is 3.82. The van der Waals surface area contributed by atoms with E-state index in [1.54, 1.807) is 7.11 Å². The molecule has 132 valence electrons. The molecule has 2 aromatic rings. The van der Waals surface area contributed by atoms with E-state index in [-0.39, 0.29) is 11.4 Å². The summed E-state index contributed by atoms with van der Waals surface area (Å²) in [6.07, 6.45) is 4.46. The molecule has 25 heavy (non-hydrogen) atoms. The number of hydrogen-bond donors (Lipinski definition) is 1. The minimum absolute atomic E-state index is 0.0850. The molecule has 5 nitrogen and oxygen atoms in total. The van der Waals surface area contributed by atoms with Gasteiger partial charge in [-0.1, -0.05) is 12.1 Å². The summed E-state index contributed by atoms with van der Waals surface area (Å²) < 4.78 is 7.23. The summed E-state index contributed by atoms with van der Waals surface area (Å²) in [5.41, 5.74) is 2.45. The fourth-order valence-electron chi connectivity index (χ4n) is 3.59. The van der Waals surface area contributed by atoms with Crippen LogP contribution in [0.1, 0.15) is 60.4 Å². The molecule has 0 radical (unpaired) electrons. The van der Waals surface area contributed by atoms with Gasteiger partial charge < -0.3 is 10.1 Å². The molecule has 1 N–H and O–H groups in total. The van der Waals surface area contributed by atoms with Gasteiger partial charge in [0.1, 0.15) is 11.4 Å². The lowest BCUT2D eigenvalue weighted by Crippen LogP contribution is -2.35. The Morgan fingerprint density at radius 3 is 2.56 bits per heavy atom. The topological polar surface area (TPSA) is 56.1 Å². The standard InChI is InChI=1S/C20H25N3O2/c1-13-12-18(22-23(13)14(2)15-4-5-15)19(24)21-20(10-11-20)16-6-8-17(25-3)9-7-16/h6-9,12,14-15H,4-5,10-11H2,1-3H3,(H,21,24). The van der Waals surface area contributed by atoms with E-state index in [2.05, 4.69) is 17.3 Å². The second-order valence-corrected chi connectivity index (χ2v) is 7.46. The molecule has 2 aliphatic carbocycles. The Labute approximate surface area is 148 Å². The highest BCUT2D eigenvalue weighted by Gasteiger charge is 2.46. The van der Waals surface area contributed by atoms with Crippen molar-refractivity contribution in [1.82, 2.24) is 15.1 Å². The predicted octanol–water partition coefficient (Wildman–Crippen LogP) is 3.59. The molecule has 2 aliphatic rings. The molecule has 0 saturated heterocycles. The van der Waals surface area contributed by atoms with E-state index >= 15 is 0 Å². The van der Waals surface area contributed by atoms with Crippen molar-refractivity contribution < 1.29 is 9.53 Å². The van der Waals surface area contributed by atoms with Gasteiger partial charge in [0.15, 0.2) is 0 Å². The first-order valence-electron chi connectivity index (χ1n) is 9.05. The number of rotatable bonds is 6. The average molecular weight is 339 g/mol. The monoisotopic (exact) mass is 339 g/mol. The van der Waals surface area contributed by atoms with Gasteiger partial charge >= 0.3 is 0 Å². The van der Waals surface area contributed by atoms with Gasteiger partial charge in [-0.3, -0.25) is 9.48 Å². The van der Waals surface area contributed by atoms with Crippen molar-refractivity contribution >= 4 is 5.91 Å². The van der Waals surface area contributed by atoms with E-state index < -0.39 is 0 Å². The summed E-state index contributed by atoms with van der Waals surface area (Å²) in [6.45, 7) is 4.22. The van der Waals surface area contributed by atoms with E-state index in [1.807, 2.05) is 41.9 Å². The van der Waals surface area contributed by atoms with Gasteiger partial charge in [-0.05, 0) is 69.2 Å². The van der Waals surface area contributed by atoms with Gasteiger partial charge in [0.05, 0.1) is 18.7 Å². The molecular weight excluding hydrogens is 314 g/mol. The molecule has 2 fully saturated rings. The van der Waals surface area contributed by atoms with Crippen LogP contribution >= 0.6 is 0 Å². The molecule has 1 aromatic carbocycles. The van der Waals surface area contributed by atoms with Crippen LogP contribution in [0.4, 0.5) is 0 Å². The number of amides is 1. The quantitative estimate of drug-likeness (QED) is 0.875. The van der Waals surface area contributed by atoms with Gasteiger partial charge in [0.2, 0.25) is 0 Å². The fourth-order valence-corrected chi connectivity index (χ4v) is 3.59. The number of carbonyl (C=O) groups excluding carboxylic acids is 1. The maximum Gasteiger partial charge on any atom is 0.272 e. The maximum atomic E-state index is 12.8. The summed E-state index contributed by atoms with van der Waals surface area (Å²) in [4.78, 5) is 12.8. The van der Waals surface area contributed by atoms with E-state index in [4.69, 9.17) is 4.74 Å². The van der Waals surface area contributed by atoms with Crippen LogP contribution < -0.4 is 10.1 Å². The van der Waals surface area contributed by atoms with Crippen molar-refractivity contribution in [1.29, 1.82) is 0 Å². The minimum Gasteiger partial charge on any atom is -0.497 e. The van der Waals surface area contributed by atoms with Crippen molar-refractivity contribution in [3.05, 3.63) is 47.3 Å². The Hall–Kier alpha value is -2.30. The van der Waals surface area contributed by atoms with E-state index in [1.165, 1.54) is 12.8 Å². The Morgan fingerprint density at radius 2 is 2.00 bits per heavy atom. The number of nitrogens with zero attached hydrogens (tertiary/aromatic N) is 2. The summed E-state index contributed by atoms with van der Waals surface area (Å²) in [6, 6.07) is 10.2. The summed E-state index contributed by atoms with van der Waals surface area (Å²) in [7, 11) is 1.66. The molecule has 0 bridgehead atoms. The van der Waals surface area contributed by atoms with Gasteiger partial charge in [-0.25, -0.2) is 0 Å². The van der Waals surface area contributed by atoms with Crippen molar-refractivity contribution in [2.75, 3.05) is 7.11 Å². The Balaban J connectivity index is 1.50. The van der Waals surface area contributed by atoms with Crippen molar-refractivity contribution in [3.8, 4) is 5.75 Å². The maximum absolute atomic E-state index is 12.8. The second kappa shape index (κ2) is 5.90. The summed E-state index contributed by atoms with van der Waals surface area (Å²) in [5.74, 6) is 1.45. The van der Waals surface area contributed by atoms with Crippen molar-refractivity contribution in [3.63, 3.8) is 0 Å². The van der Waals surface area contributed by atoms with Gasteiger partial charge in [0, 0.05) is 5.69 Å². The first-order chi connectivity index (χ1) is 12.0. The van der Waals surface area contributed by atoms with Crippen LogP contribution in [0.3, 0.4) is 0 Å². The first-order valence-corrected chi connectivity index (χ1v) is 9.05. The molecule has 0 spiro atoms. The van der Waals surface area contributed by atoms with Gasteiger partial charge in [-0.15, -0.1) is 0 Å². The first kappa shape index (κ1) is 16.2. The molecule has 1 amide bonds. The largest absolute Gasteiger partial charge is 0.497 e. The zero-order valence-electron chi connectivity index (χ0n) is 15.1. The fraction of sp³-hybridized carbons (Fsp3) is 0.500. The second-order valence-electron chi connectivity index (χ2n) is 7.46. The van der Waals surface area contributed by atoms with E-state index in [9.17, 15) is 4.79 Å². The van der Waals surface area contributed by atoms with E-state index in [0.29, 0.717) is 17.7 Å². The highest BCUT2D eigenvalue weighted by atomic mass is 16.5. The van der Waals surface area contributed by atoms with Crippen LogP contribution in [0.25, 0.3) is 0 Å². The van der Waals surface area contributed by atoms with Crippen molar-refractivity contribution in [2.45, 2.75) is 51.1 Å². The van der Waals surface area contributed by atoms with Crippen LogP contribution in [0.2, 0.25) is 0 Å². The molecular formula is C20H25N3O2. The summed E-state index contributed by atoms with van der Waals surface area (Å²) >= 11 is 0. The highest BCUT2D eigenvalue weighted by Crippen LogP contribution is 2.46. The third kappa shape index (κ3) is 3.03. The number of ether oxygens (including phenoxy) is 1. The van der Waals surface area contributed by atoms with Gasteiger partial charge in [-0.2, -0.15) is 5.10 Å². The predicted molar refractivity (Wildman–Crippen MR) is 95.8 cm³/mol. The Morgan fingerprint density at radius 1 is 1.32 bits per heavy atom. The molecule has 0 aliphatic heterocycles. The van der Waals surface area contributed by atoms with Crippen LogP contribution in [-0.4, -0.2) is 22.8 Å². The number of aryl methyl sites for hydroxylation is 1. The molecule has 5 heteroatoms. The number of benzene rings is 1. The number of carbonyl (C=O) groups is 1. The zero-order chi connectivity index (χ0) is 17.6. The lowest BCUT2D eigenvalue weighted by molar-refractivity contribution is 0.0924. The average Bonchev–Trinajstić information content (AvgIpc) is 3.54. The zero-order valence-corrected chi connectivity index (χ0v) is 15.1. The smallest absolute Gasteiger partial charge is 0.272 e. The number of hydrogen-bond acceptors (Lipinski definition) is 3. The lowest BCUT2D eigenvalue weighted by Gasteiger charge is -2.18. The highest BCUT2D eigenvalue weighted by molar-refractivity contribution is 5.93. The van der Waals surface area contributed by atoms with Crippen LogP contribution in [0, 0.1) is 12.8 Å². The third-order valence-corrected chi connectivity index (χ3v) is 5.59. The SMILES string of the molecule is COc1ccc(C2(NC(=O)c3cc(C)n(C(C)C4CC4)n3)CC2)cc1. The molecule has 1 heterocycles. The molecule has 1 atom stereocenters. The normalized spacial score (nSPS) is 19.3. The van der Waals surface area contributed by atoms with E-state index in [0.717, 1.165) is 29.8 Å². The number of aromatic nitrogens is 2. The molecule has 1 unspecified atom stereocenters. The molecule has 2 saturated carbocycles. The number of methoxy groups -OCH3 is 1. The van der Waals surface area contributed by atoms with Crippen LogP contribution in [0.15, 0.2) is 30.3 Å². The molecule has 1 aromatic heterocycles. The lowest BCUT2D eigenvalue weighted by atomic mass is 10.0. The summed E-state index contributed by atoms with van der Waals surface area (Å²) in [5, 5.41) is 7.79. The van der Waals surface area contributed by atoms with Crippen LogP contribution in [-0.2, 0) is 5.54 Å². The van der Waals surface area contributed by atoms with Gasteiger partial charge in [0.25, 0.3) is 5.91 Å². The number of nitrogens with one attached hydrogen (secondary N) is 1. The molecule has 4 rings (SSSR count). The van der Waals surface area contributed by atoms with Crippen molar-refractivity contribution in [2.24, 2.45) is 5.92 Å². The van der Waals surface area contributed by atoms with Crippen LogP contribution in [0.5, 0.6) is 5.75 Å².